The third kappa shape index (κ3) is 2.79. The van der Waals surface area contributed by atoms with Crippen molar-refractivity contribution in [2.75, 3.05) is 5.73 Å². The summed E-state index contributed by atoms with van der Waals surface area (Å²) in [6.45, 7) is 0.175. The first-order valence-electron chi connectivity index (χ1n) is 5.18. The molecule has 18 heavy (non-hydrogen) atoms. The monoisotopic (exact) mass is 313 g/mol. The number of nitrogens with two attached hydrogens (primary N) is 1. The van der Waals surface area contributed by atoms with Crippen molar-refractivity contribution in [2.24, 2.45) is 0 Å². The molecule has 0 saturated heterocycles. The van der Waals surface area contributed by atoms with Crippen LogP contribution in [0.1, 0.15) is 5.56 Å². The average molecular weight is 314 g/mol. The summed E-state index contributed by atoms with van der Waals surface area (Å²) in [6.07, 6.45) is 0. The number of nitrogen functional groups attached to an aromatic ring is 1. The zero-order valence-electron chi connectivity index (χ0n) is 9.29. The second-order valence-corrected chi connectivity index (χ2v) is 4.53. The van der Waals surface area contributed by atoms with Crippen molar-refractivity contribution >= 4 is 21.6 Å². The molecule has 2 aromatic rings. The lowest BCUT2D eigenvalue weighted by atomic mass is 10.2. The SMILES string of the molecule is Nc1c(F)cc(F)cc1OCc1ccccc1Br. The Kier molecular flexibility index (Phi) is 3.81. The van der Waals surface area contributed by atoms with E-state index in [0.29, 0.717) is 0 Å². The van der Waals surface area contributed by atoms with E-state index in [-0.39, 0.29) is 18.0 Å². The number of benzene rings is 2. The number of anilines is 1. The summed E-state index contributed by atoms with van der Waals surface area (Å²) in [4.78, 5) is 0. The fourth-order valence-electron chi connectivity index (χ4n) is 1.45. The number of halogens is 3. The van der Waals surface area contributed by atoms with Gasteiger partial charge >= 0.3 is 0 Å². The lowest BCUT2D eigenvalue weighted by Gasteiger charge is -2.10. The minimum atomic E-state index is -0.822. The van der Waals surface area contributed by atoms with E-state index in [9.17, 15) is 8.78 Å². The van der Waals surface area contributed by atoms with Crippen LogP contribution in [0.4, 0.5) is 14.5 Å². The predicted molar refractivity (Wildman–Crippen MR) is 69.2 cm³/mol. The molecule has 0 spiro atoms. The molecule has 0 amide bonds. The van der Waals surface area contributed by atoms with Crippen molar-refractivity contribution in [3.8, 4) is 5.75 Å². The van der Waals surface area contributed by atoms with Crippen LogP contribution in [0.2, 0.25) is 0 Å². The molecule has 0 heterocycles. The molecule has 2 N–H and O–H groups in total. The van der Waals surface area contributed by atoms with Gasteiger partial charge in [-0.25, -0.2) is 8.78 Å². The van der Waals surface area contributed by atoms with Gasteiger partial charge in [0, 0.05) is 22.2 Å². The Balaban J connectivity index is 2.18. The molecular formula is C13H10BrF2NO. The molecule has 5 heteroatoms. The first-order chi connectivity index (χ1) is 8.58. The summed E-state index contributed by atoms with van der Waals surface area (Å²) in [5.74, 6) is -1.54. The third-order valence-corrected chi connectivity index (χ3v) is 3.17. The summed E-state index contributed by atoms with van der Waals surface area (Å²) in [5, 5.41) is 0. The van der Waals surface area contributed by atoms with Crippen LogP contribution in [-0.4, -0.2) is 0 Å². The summed E-state index contributed by atoms with van der Waals surface area (Å²) >= 11 is 3.36. The van der Waals surface area contributed by atoms with Gasteiger partial charge in [0.25, 0.3) is 0 Å². The Morgan fingerprint density at radius 2 is 1.89 bits per heavy atom. The van der Waals surface area contributed by atoms with Gasteiger partial charge in [-0.05, 0) is 6.07 Å². The predicted octanol–water partition coefficient (Wildman–Crippen LogP) is 3.89. The van der Waals surface area contributed by atoms with E-state index >= 15 is 0 Å². The zero-order chi connectivity index (χ0) is 13.1. The molecule has 0 aromatic heterocycles. The minimum Gasteiger partial charge on any atom is -0.486 e. The van der Waals surface area contributed by atoms with E-state index in [4.69, 9.17) is 10.5 Å². The molecule has 94 valence electrons. The van der Waals surface area contributed by atoms with Gasteiger partial charge in [-0.2, -0.15) is 0 Å². The summed E-state index contributed by atoms with van der Waals surface area (Å²) in [7, 11) is 0. The van der Waals surface area contributed by atoms with Crippen molar-refractivity contribution in [1.29, 1.82) is 0 Å². The molecule has 0 unspecified atom stereocenters. The molecule has 0 aliphatic heterocycles. The van der Waals surface area contributed by atoms with Gasteiger partial charge in [0.1, 0.15) is 23.9 Å². The smallest absolute Gasteiger partial charge is 0.152 e. The van der Waals surface area contributed by atoms with Crippen LogP contribution >= 0.6 is 15.9 Å². The Morgan fingerprint density at radius 1 is 1.17 bits per heavy atom. The van der Waals surface area contributed by atoms with Gasteiger partial charge in [0.15, 0.2) is 5.82 Å². The summed E-state index contributed by atoms with van der Waals surface area (Å²) in [5.41, 5.74) is 6.15. The van der Waals surface area contributed by atoms with E-state index in [1.165, 1.54) is 0 Å². The highest BCUT2D eigenvalue weighted by Gasteiger charge is 2.10. The molecule has 0 bridgehead atoms. The number of hydrogen-bond acceptors (Lipinski definition) is 2. The van der Waals surface area contributed by atoms with Gasteiger partial charge in [-0.1, -0.05) is 34.1 Å². The molecule has 2 rings (SSSR count). The van der Waals surface area contributed by atoms with Crippen molar-refractivity contribution in [3.05, 3.63) is 58.1 Å². The zero-order valence-corrected chi connectivity index (χ0v) is 10.9. The van der Waals surface area contributed by atoms with Crippen LogP contribution in [0, 0.1) is 11.6 Å². The standard InChI is InChI=1S/C13H10BrF2NO/c14-10-4-2-1-3-8(10)7-18-12-6-9(15)5-11(16)13(12)17/h1-6H,7,17H2. The molecule has 2 aromatic carbocycles. The highest BCUT2D eigenvalue weighted by Crippen LogP contribution is 2.27. The molecule has 0 fully saturated rings. The number of hydrogen-bond donors (Lipinski definition) is 1. The first-order valence-corrected chi connectivity index (χ1v) is 5.98. The van der Waals surface area contributed by atoms with Crippen LogP contribution in [0.25, 0.3) is 0 Å². The van der Waals surface area contributed by atoms with Crippen LogP contribution in [0.5, 0.6) is 5.75 Å². The molecule has 0 atom stereocenters. The Hall–Kier alpha value is -1.62. The number of rotatable bonds is 3. The molecule has 2 nitrogen and oxygen atoms in total. The fourth-order valence-corrected chi connectivity index (χ4v) is 1.85. The topological polar surface area (TPSA) is 35.2 Å². The molecular weight excluding hydrogens is 304 g/mol. The fraction of sp³-hybridized carbons (Fsp3) is 0.0769. The maximum atomic E-state index is 13.2. The van der Waals surface area contributed by atoms with E-state index < -0.39 is 11.6 Å². The van der Waals surface area contributed by atoms with Crippen LogP contribution in [0.15, 0.2) is 40.9 Å². The lowest BCUT2D eigenvalue weighted by molar-refractivity contribution is 0.304. The van der Waals surface area contributed by atoms with Crippen LogP contribution < -0.4 is 10.5 Å². The maximum Gasteiger partial charge on any atom is 0.152 e. The van der Waals surface area contributed by atoms with Gasteiger partial charge in [0.05, 0.1) is 0 Å². The van der Waals surface area contributed by atoms with Crippen molar-refractivity contribution in [2.45, 2.75) is 6.61 Å². The highest BCUT2D eigenvalue weighted by atomic mass is 79.9. The Labute approximate surface area is 112 Å². The number of ether oxygens (including phenoxy) is 1. The first kappa shape index (κ1) is 12.8. The highest BCUT2D eigenvalue weighted by molar-refractivity contribution is 9.10. The summed E-state index contributed by atoms with van der Waals surface area (Å²) < 4.78 is 32.4. The van der Waals surface area contributed by atoms with Crippen molar-refractivity contribution < 1.29 is 13.5 Å². The van der Waals surface area contributed by atoms with Crippen LogP contribution in [-0.2, 0) is 6.61 Å². The lowest BCUT2D eigenvalue weighted by Crippen LogP contribution is -2.02. The van der Waals surface area contributed by atoms with E-state index in [1.807, 2.05) is 24.3 Å². The van der Waals surface area contributed by atoms with Crippen LogP contribution in [0.3, 0.4) is 0 Å². The molecule has 0 aliphatic carbocycles. The van der Waals surface area contributed by atoms with Gasteiger partial charge in [-0.3, -0.25) is 0 Å². The largest absolute Gasteiger partial charge is 0.486 e. The third-order valence-electron chi connectivity index (χ3n) is 2.40. The summed E-state index contributed by atoms with van der Waals surface area (Å²) in [6, 6.07) is 9.20. The van der Waals surface area contributed by atoms with Gasteiger partial charge in [-0.15, -0.1) is 0 Å². The Bertz CT molecular complexity index is 575. The van der Waals surface area contributed by atoms with Gasteiger partial charge < -0.3 is 10.5 Å². The molecule has 0 saturated carbocycles. The molecule has 0 radical (unpaired) electrons. The second kappa shape index (κ2) is 5.35. The van der Waals surface area contributed by atoms with E-state index in [0.717, 1.165) is 22.2 Å². The normalized spacial score (nSPS) is 10.4. The maximum absolute atomic E-state index is 13.2. The minimum absolute atomic E-state index is 0.00301. The van der Waals surface area contributed by atoms with Gasteiger partial charge in [0.2, 0.25) is 0 Å². The van der Waals surface area contributed by atoms with Crippen molar-refractivity contribution in [3.63, 3.8) is 0 Å². The Morgan fingerprint density at radius 3 is 2.61 bits per heavy atom. The quantitative estimate of drug-likeness (QED) is 0.873. The van der Waals surface area contributed by atoms with E-state index in [1.54, 1.807) is 0 Å². The van der Waals surface area contributed by atoms with Crippen molar-refractivity contribution in [1.82, 2.24) is 0 Å². The second-order valence-electron chi connectivity index (χ2n) is 3.68. The average Bonchev–Trinajstić information content (AvgIpc) is 2.33. The molecule has 0 aliphatic rings. The van der Waals surface area contributed by atoms with E-state index in [2.05, 4.69) is 15.9 Å².